The zero-order valence-electron chi connectivity index (χ0n) is 9.88. The molecule has 0 aromatic heterocycles. The van der Waals surface area contributed by atoms with Crippen molar-refractivity contribution in [3.63, 3.8) is 0 Å². The molecular weight excluding hydrogens is 240 g/mol. The molecule has 2 unspecified atom stereocenters. The van der Waals surface area contributed by atoms with Gasteiger partial charge in [-0.05, 0) is 37.1 Å². The van der Waals surface area contributed by atoms with Gasteiger partial charge in [-0.25, -0.2) is 8.78 Å². The molecule has 1 aromatic rings. The van der Waals surface area contributed by atoms with E-state index >= 15 is 0 Å². The second kappa shape index (κ2) is 5.36. The quantitative estimate of drug-likeness (QED) is 0.876. The van der Waals surface area contributed by atoms with Crippen LogP contribution in [0.3, 0.4) is 0 Å². The van der Waals surface area contributed by atoms with Crippen molar-refractivity contribution in [3.8, 4) is 0 Å². The molecule has 1 aliphatic rings. The van der Waals surface area contributed by atoms with Crippen LogP contribution in [0.25, 0.3) is 0 Å². The second-order valence-electron chi connectivity index (χ2n) is 4.52. The normalized spacial score (nSPS) is 22.5. The summed E-state index contributed by atoms with van der Waals surface area (Å²) in [6, 6.07) is 2.22. The standard InChI is InChI=1S/C13H17F2NS/c1-8-5-6-9(14)11(12(8)15)13(16)10-4-2-3-7-17-10/h5-6,10,13H,2-4,7,16H2,1H3. The molecule has 17 heavy (non-hydrogen) atoms. The second-order valence-corrected chi connectivity index (χ2v) is 5.87. The van der Waals surface area contributed by atoms with Crippen molar-refractivity contribution < 1.29 is 8.78 Å². The van der Waals surface area contributed by atoms with Crippen LogP contribution in [-0.4, -0.2) is 11.0 Å². The maximum absolute atomic E-state index is 13.9. The van der Waals surface area contributed by atoms with Crippen LogP contribution in [0.1, 0.15) is 36.4 Å². The van der Waals surface area contributed by atoms with Crippen molar-refractivity contribution in [2.45, 2.75) is 37.5 Å². The van der Waals surface area contributed by atoms with E-state index in [9.17, 15) is 8.78 Å². The molecule has 1 aromatic carbocycles. The number of halogens is 2. The topological polar surface area (TPSA) is 26.0 Å². The van der Waals surface area contributed by atoms with Crippen molar-refractivity contribution in [2.24, 2.45) is 5.73 Å². The fourth-order valence-corrected chi connectivity index (χ4v) is 3.57. The SMILES string of the molecule is Cc1ccc(F)c(C(N)C2CCCCS2)c1F. The Morgan fingerprint density at radius 1 is 1.35 bits per heavy atom. The first-order valence-corrected chi connectivity index (χ1v) is 6.98. The number of benzene rings is 1. The van der Waals surface area contributed by atoms with Crippen molar-refractivity contribution in [3.05, 3.63) is 34.9 Å². The van der Waals surface area contributed by atoms with Crippen LogP contribution in [0.15, 0.2) is 12.1 Å². The van der Waals surface area contributed by atoms with Gasteiger partial charge in [-0.2, -0.15) is 11.8 Å². The van der Waals surface area contributed by atoms with Gasteiger partial charge in [0.25, 0.3) is 0 Å². The first-order chi connectivity index (χ1) is 8.11. The zero-order chi connectivity index (χ0) is 12.4. The predicted molar refractivity (Wildman–Crippen MR) is 68.1 cm³/mol. The van der Waals surface area contributed by atoms with Crippen molar-refractivity contribution in [1.82, 2.24) is 0 Å². The molecule has 0 amide bonds. The smallest absolute Gasteiger partial charge is 0.133 e. The van der Waals surface area contributed by atoms with E-state index in [2.05, 4.69) is 0 Å². The largest absolute Gasteiger partial charge is 0.323 e. The minimum absolute atomic E-state index is 0.0596. The summed E-state index contributed by atoms with van der Waals surface area (Å²) >= 11 is 1.73. The molecule has 2 N–H and O–H groups in total. The predicted octanol–water partition coefficient (Wildman–Crippen LogP) is 3.56. The lowest BCUT2D eigenvalue weighted by atomic mass is 9.97. The average molecular weight is 257 g/mol. The van der Waals surface area contributed by atoms with E-state index in [-0.39, 0.29) is 10.8 Å². The lowest BCUT2D eigenvalue weighted by Gasteiger charge is -2.28. The molecule has 94 valence electrons. The summed E-state index contributed by atoms with van der Waals surface area (Å²) in [6.07, 6.45) is 3.21. The van der Waals surface area contributed by atoms with E-state index in [4.69, 9.17) is 5.73 Å². The lowest BCUT2D eigenvalue weighted by molar-refractivity contribution is 0.497. The van der Waals surface area contributed by atoms with Crippen LogP contribution in [0.5, 0.6) is 0 Å². The van der Waals surface area contributed by atoms with Crippen LogP contribution in [0, 0.1) is 18.6 Å². The summed E-state index contributed by atoms with van der Waals surface area (Å²) in [7, 11) is 0. The molecule has 0 radical (unpaired) electrons. The van der Waals surface area contributed by atoms with Crippen molar-refractivity contribution >= 4 is 11.8 Å². The number of aryl methyl sites for hydroxylation is 1. The lowest BCUT2D eigenvalue weighted by Crippen LogP contribution is -2.28. The van der Waals surface area contributed by atoms with E-state index < -0.39 is 17.7 Å². The highest BCUT2D eigenvalue weighted by Gasteiger charge is 2.27. The van der Waals surface area contributed by atoms with Gasteiger partial charge in [0.1, 0.15) is 11.6 Å². The summed E-state index contributed by atoms with van der Waals surface area (Å²) in [5, 5.41) is 0.134. The van der Waals surface area contributed by atoms with E-state index in [0.29, 0.717) is 5.56 Å². The maximum atomic E-state index is 13.9. The molecule has 1 nitrogen and oxygen atoms in total. The van der Waals surface area contributed by atoms with Crippen LogP contribution in [0.2, 0.25) is 0 Å². The van der Waals surface area contributed by atoms with Crippen LogP contribution >= 0.6 is 11.8 Å². The highest BCUT2D eigenvalue weighted by molar-refractivity contribution is 8.00. The average Bonchev–Trinajstić information content (AvgIpc) is 2.35. The molecule has 2 rings (SSSR count). The Morgan fingerprint density at radius 3 is 2.76 bits per heavy atom. The molecule has 0 spiro atoms. The molecule has 1 heterocycles. The Balaban J connectivity index is 2.29. The Labute approximate surface area is 105 Å². The molecule has 2 atom stereocenters. The molecule has 0 saturated carbocycles. The van der Waals surface area contributed by atoms with Gasteiger partial charge in [0.2, 0.25) is 0 Å². The van der Waals surface area contributed by atoms with E-state index in [1.165, 1.54) is 18.6 Å². The summed E-state index contributed by atoms with van der Waals surface area (Å²) in [6.45, 7) is 1.64. The van der Waals surface area contributed by atoms with Crippen LogP contribution in [0.4, 0.5) is 8.78 Å². The van der Waals surface area contributed by atoms with Gasteiger partial charge < -0.3 is 5.73 Å². The van der Waals surface area contributed by atoms with Crippen molar-refractivity contribution in [1.29, 1.82) is 0 Å². The number of hydrogen-bond donors (Lipinski definition) is 1. The first kappa shape index (κ1) is 12.8. The molecule has 0 bridgehead atoms. The van der Waals surface area contributed by atoms with Gasteiger partial charge in [-0.15, -0.1) is 0 Å². The summed E-state index contributed by atoms with van der Waals surface area (Å²) < 4.78 is 27.6. The molecule has 0 aliphatic carbocycles. The third-order valence-electron chi connectivity index (χ3n) is 3.27. The number of nitrogens with two attached hydrogens (primary N) is 1. The monoisotopic (exact) mass is 257 g/mol. The molecule has 4 heteroatoms. The Kier molecular flexibility index (Phi) is 4.05. The maximum Gasteiger partial charge on any atom is 0.133 e. The summed E-state index contributed by atoms with van der Waals surface area (Å²) in [5.74, 6) is 0.0309. The molecule has 1 saturated heterocycles. The highest BCUT2D eigenvalue weighted by Crippen LogP contribution is 2.35. The van der Waals surface area contributed by atoms with Crippen LogP contribution in [-0.2, 0) is 0 Å². The van der Waals surface area contributed by atoms with E-state index in [0.717, 1.165) is 18.6 Å². The highest BCUT2D eigenvalue weighted by atomic mass is 32.2. The number of rotatable bonds is 2. The Hall–Kier alpha value is -0.610. The molecule has 1 fully saturated rings. The number of hydrogen-bond acceptors (Lipinski definition) is 2. The first-order valence-electron chi connectivity index (χ1n) is 5.93. The van der Waals surface area contributed by atoms with Gasteiger partial charge >= 0.3 is 0 Å². The van der Waals surface area contributed by atoms with Gasteiger partial charge in [-0.1, -0.05) is 12.5 Å². The third-order valence-corrected chi connectivity index (χ3v) is 4.75. The fraction of sp³-hybridized carbons (Fsp3) is 0.538. The molecular formula is C13H17F2NS. The minimum Gasteiger partial charge on any atom is -0.323 e. The fourth-order valence-electron chi connectivity index (χ4n) is 2.22. The van der Waals surface area contributed by atoms with Gasteiger partial charge in [-0.3, -0.25) is 0 Å². The van der Waals surface area contributed by atoms with Crippen molar-refractivity contribution in [2.75, 3.05) is 5.75 Å². The van der Waals surface area contributed by atoms with E-state index in [1.54, 1.807) is 18.7 Å². The Bertz CT molecular complexity index is 403. The summed E-state index contributed by atoms with van der Waals surface area (Å²) in [4.78, 5) is 0. The van der Waals surface area contributed by atoms with Gasteiger partial charge in [0, 0.05) is 16.9 Å². The zero-order valence-corrected chi connectivity index (χ0v) is 10.7. The Morgan fingerprint density at radius 2 is 2.12 bits per heavy atom. The summed E-state index contributed by atoms with van der Waals surface area (Å²) in [5.41, 5.74) is 6.56. The third kappa shape index (κ3) is 2.63. The molecule has 1 aliphatic heterocycles. The van der Waals surface area contributed by atoms with E-state index in [1.807, 2.05) is 0 Å². The van der Waals surface area contributed by atoms with Gasteiger partial charge in [0.05, 0.1) is 0 Å². The number of thioether (sulfide) groups is 1. The van der Waals surface area contributed by atoms with Gasteiger partial charge in [0.15, 0.2) is 0 Å². The minimum atomic E-state index is -0.541. The van der Waals surface area contributed by atoms with Crippen LogP contribution < -0.4 is 5.73 Å².